The molecule has 0 aromatic carbocycles. The van der Waals surface area contributed by atoms with Gasteiger partial charge in [-0.1, -0.05) is 0 Å². The topological polar surface area (TPSA) is 99.6 Å². The van der Waals surface area contributed by atoms with Crippen LogP contribution < -0.4 is 4.72 Å². The Morgan fingerprint density at radius 3 is 2.74 bits per heavy atom. The van der Waals surface area contributed by atoms with Crippen molar-refractivity contribution in [3.05, 3.63) is 11.2 Å². The summed E-state index contributed by atoms with van der Waals surface area (Å²) in [6.07, 6.45) is 1.44. The second kappa shape index (κ2) is 5.53. The first-order chi connectivity index (χ1) is 8.90. The molecule has 1 aromatic rings. The lowest BCUT2D eigenvalue weighted by Gasteiger charge is -2.29. The highest BCUT2D eigenvalue weighted by Gasteiger charge is 2.29. The summed E-state index contributed by atoms with van der Waals surface area (Å²) < 4.78 is 26.6. The Morgan fingerprint density at radius 1 is 1.53 bits per heavy atom. The van der Waals surface area contributed by atoms with E-state index in [0.29, 0.717) is 0 Å². The van der Waals surface area contributed by atoms with Gasteiger partial charge < -0.3 is 10.0 Å². The fourth-order valence-electron chi connectivity index (χ4n) is 1.97. The first kappa shape index (κ1) is 14.4. The molecule has 2 rings (SSSR count). The van der Waals surface area contributed by atoms with E-state index in [9.17, 15) is 13.2 Å². The molecule has 1 saturated heterocycles. The van der Waals surface area contributed by atoms with Crippen molar-refractivity contribution in [1.82, 2.24) is 14.6 Å². The zero-order valence-corrected chi connectivity index (χ0v) is 12.0. The smallest absolute Gasteiger partial charge is 0.356 e. The third-order valence-corrected chi connectivity index (χ3v) is 5.91. The number of carbonyl (C=O) groups is 1. The molecule has 0 saturated carbocycles. The highest BCUT2D eigenvalue weighted by molar-refractivity contribution is 7.91. The number of piperidine rings is 1. The Hall–Kier alpha value is -1.03. The number of likely N-dealkylation sites (tertiary alicyclic amines) is 1. The van der Waals surface area contributed by atoms with Crippen LogP contribution in [0, 0.1) is 0 Å². The molecule has 0 unspecified atom stereocenters. The minimum Gasteiger partial charge on any atom is -0.476 e. The van der Waals surface area contributed by atoms with Crippen LogP contribution in [0.3, 0.4) is 0 Å². The van der Waals surface area contributed by atoms with Crippen LogP contribution in [-0.2, 0) is 10.0 Å². The number of hydrogen-bond acceptors (Lipinski definition) is 6. The molecule has 106 valence electrons. The van der Waals surface area contributed by atoms with Crippen molar-refractivity contribution in [2.45, 2.75) is 23.1 Å². The summed E-state index contributed by atoms with van der Waals surface area (Å²) in [5, 5.41) is 8.90. The highest BCUT2D eigenvalue weighted by atomic mass is 32.2. The van der Waals surface area contributed by atoms with E-state index >= 15 is 0 Å². The summed E-state index contributed by atoms with van der Waals surface area (Å²) in [6.45, 7) is 1.64. The van der Waals surface area contributed by atoms with Gasteiger partial charge in [0.25, 0.3) is 10.0 Å². The van der Waals surface area contributed by atoms with Crippen LogP contribution in [0.25, 0.3) is 0 Å². The van der Waals surface area contributed by atoms with Crippen molar-refractivity contribution >= 4 is 27.3 Å². The predicted molar refractivity (Wildman–Crippen MR) is 69.9 cm³/mol. The van der Waals surface area contributed by atoms with Gasteiger partial charge in [0, 0.05) is 6.04 Å². The van der Waals surface area contributed by atoms with E-state index in [1.807, 2.05) is 7.05 Å². The molecular weight excluding hydrogens is 290 g/mol. The lowest BCUT2D eigenvalue weighted by molar-refractivity contribution is 0.0687. The molecular formula is C10H15N3O4S2. The highest BCUT2D eigenvalue weighted by Crippen LogP contribution is 2.21. The van der Waals surface area contributed by atoms with Gasteiger partial charge in [0.05, 0.1) is 5.51 Å². The largest absolute Gasteiger partial charge is 0.476 e. The van der Waals surface area contributed by atoms with Crippen LogP contribution in [0.15, 0.2) is 9.72 Å². The molecule has 0 bridgehead atoms. The van der Waals surface area contributed by atoms with Crippen molar-refractivity contribution in [1.29, 1.82) is 0 Å². The zero-order chi connectivity index (χ0) is 14.0. The number of rotatable bonds is 4. The fraction of sp³-hybridized carbons (Fsp3) is 0.600. The van der Waals surface area contributed by atoms with Crippen LogP contribution >= 0.6 is 11.3 Å². The fourth-order valence-corrected chi connectivity index (χ4v) is 4.43. The molecule has 0 aliphatic carbocycles. The Balaban J connectivity index is 2.14. The quantitative estimate of drug-likeness (QED) is 0.825. The molecule has 7 nitrogen and oxygen atoms in total. The maximum absolute atomic E-state index is 12.2. The molecule has 0 atom stereocenters. The van der Waals surface area contributed by atoms with Gasteiger partial charge in [0.15, 0.2) is 9.90 Å². The maximum atomic E-state index is 12.2. The van der Waals surface area contributed by atoms with E-state index in [1.165, 1.54) is 5.51 Å². The van der Waals surface area contributed by atoms with E-state index < -0.39 is 21.7 Å². The molecule has 1 aliphatic rings. The number of carboxylic acid groups (broad SMARTS) is 1. The van der Waals surface area contributed by atoms with Gasteiger partial charge >= 0.3 is 5.97 Å². The summed E-state index contributed by atoms with van der Waals surface area (Å²) >= 11 is 0.821. The normalized spacial score (nSPS) is 18.6. The van der Waals surface area contributed by atoms with Gasteiger partial charge in [-0.15, -0.1) is 11.3 Å². The Labute approximate surface area is 115 Å². The molecule has 2 N–H and O–H groups in total. The van der Waals surface area contributed by atoms with Crippen LogP contribution in [0.2, 0.25) is 0 Å². The van der Waals surface area contributed by atoms with Crippen molar-refractivity contribution in [2.75, 3.05) is 20.1 Å². The first-order valence-electron chi connectivity index (χ1n) is 5.78. The van der Waals surface area contributed by atoms with E-state index in [-0.39, 0.29) is 10.3 Å². The van der Waals surface area contributed by atoms with Gasteiger partial charge in [-0.25, -0.2) is 22.9 Å². The molecule has 0 radical (unpaired) electrons. The second-order valence-corrected chi connectivity index (χ2v) is 7.26. The second-order valence-electron chi connectivity index (χ2n) is 4.49. The Morgan fingerprint density at radius 2 is 2.16 bits per heavy atom. The number of sulfonamides is 1. The molecule has 1 aromatic heterocycles. The SMILES string of the molecule is CN1CCC(NS(=O)(=O)c2scnc2C(=O)O)CC1. The first-order valence-corrected chi connectivity index (χ1v) is 8.14. The lowest BCUT2D eigenvalue weighted by Crippen LogP contribution is -2.43. The minimum absolute atomic E-state index is 0.148. The van der Waals surface area contributed by atoms with Gasteiger partial charge in [-0.05, 0) is 33.0 Å². The minimum atomic E-state index is -3.80. The molecule has 0 spiro atoms. The number of aromatic carboxylic acids is 1. The van der Waals surface area contributed by atoms with Gasteiger partial charge in [-0.3, -0.25) is 0 Å². The molecule has 19 heavy (non-hydrogen) atoms. The zero-order valence-electron chi connectivity index (χ0n) is 10.4. The average Bonchev–Trinajstić information content (AvgIpc) is 2.82. The molecule has 2 heterocycles. The number of thiazole rings is 1. The van der Waals surface area contributed by atoms with Gasteiger partial charge in [0.1, 0.15) is 0 Å². The van der Waals surface area contributed by atoms with E-state index in [2.05, 4.69) is 14.6 Å². The number of nitrogens with one attached hydrogen (secondary N) is 1. The summed E-state index contributed by atoms with van der Waals surface area (Å²) in [5.74, 6) is -1.33. The van der Waals surface area contributed by atoms with Crippen LogP contribution in [0.1, 0.15) is 23.3 Å². The van der Waals surface area contributed by atoms with E-state index in [4.69, 9.17) is 5.11 Å². The Bertz CT molecular complexity index is 561. The summed E-state index contributed by atoms with van der Waals surface area (Å²) in [4.78, 5) is 16.6. The third kappa shape index (κ3) is 3.30. The van der Waals surface area contributed by atoms with Crippen molar-refractivity contribution in [3.8, 4) is 0 Å². The number of hydrogen-bond donors (Lipinski definition) is 2. The van der Waals surface area contributed by atoms with Crippen molar-refractivity contribution < 1.29 is 18.3 Å². The third-order valence-electron chi connectivity index (χ3n) is 3.02. The van der Waals surface area contributed by atoms with Crippen molar-refractivity contribution in [3.63, 3.8) is 0 Å². The van der Waals surface area contributed by atoms with Gasteiger partial charge in [-0.2, -0.15) is 0 Å². The molecule has 1 aliphatic heterocycles. The number of aromatic nitrogens is 1. The maximum Gasteiger partial charge on any atom is 0.356 e. The summed E-state index contributed by atoms with van der Waals surface area (Å²) in [7, 11) is -1.82. The van der Waals surface area contributed by atoms with Crippen LogP contribution in [0.4, 0.5) is 0 Å². The summed E-state index contributed by atoms with van der Waals surface area (Å²) in [6, 6.07) is -0.148. The Kier molecular flexibility index (Phi) is 4.19. The lowest BCUT2D eigenvalue weighted by atomic mass is 10.1. The predicted octanol–water partition coefficient (Wildman–Crippen LogP) is 0.214. The van der Waals surface area contributed by atoms with Crippen LogP contribution in [-0.4, -0.2) is 55.6 Å². The van der Waals surface area contributed by atoms with Crippen LogP contribution in [0.5, 0.6) is 0 Å². The molecule has 9 heteroatoms. The monoisotopic (exact) mass is 305 g/mol. The molecule has 1 fully saturated rings. The van der Waals surface area contributed by atoms with E-state index in [1.54, 1.807) is 0 Å². The average molecular weight is 305 g/mol. The molecule has 0 amide bonds. The number of carboxylic acids is 1. The standard InChI is InChI=1S/C10H15N3O4S2/c1-13-4-2-7(3-5-13)12-19(16,17)10-8(9(14)15)11-6-18-10/h6-7,12H,2-5H2,1H3,(H,14,15). The van der Waals surface area contributed by atoms with E-state index in [0.717, 1.165) is 37.3 Å². The van der Waals surface area contributed by atoms with Crippen molar-refractivity contribution in [2.24, 2.45) is 0 Å². The number of nitrogens with zero attached hydrogens (tertiary/aromatic N) is 2. The van der Waals surface area contributed by atoms with Gasteiger partial charge in [0.2, 0.25) is 0 Å². The summed E-state index contributed by atoms with van der Waals surface area (Å²) in [5.41, 5.74) is 0.817.